The molecule has 30 heavy (non-hydrogen) atoms. The van der Waals surface area contributed by atoms with Gasteiger partial charge in [-0.2, -0.15) is 0 Å². The number of anilines is 2. The molecule has 0 aromatic carbocycles. The van der Waals surface area contributed by atoms with Crippen LogP contribution in [0, 0.1) is 0 Å². The number of pyridine rings is 1. The standard InChI is InChI=1S/C22H35N5O3/c1-2-30-22(28)27-9-4-5-19(7-10-27)24-11-13-26(14-12-24)21-20(6-3-8-23-21)25-15-17-29-18-16-25/h3,6,8,19H,2,4-5,7,9-18H2,1H3/t19-/m1/s1. The molecule has 0 radical (unpaired) electrons. The molecule has 8 heteroatoms. The maximum absolute atomic E-state index is 12.1. The zero-order valence-corrected chi connectivity index (χ0v) is 18.2. The summed E-state index contributed by atoms with van der Waals surface area (Å²) in [7, 11) is 0. The second-order valence-electron chi connectivity index (χ2n) is 8.24. The van der Waals surface area contributed by atoms with Crippen LogP contribution in [0.2, 0.25) is 0 Å². The van der Waals surface area contributed by atoms with E-state index in [9.17, 15) is 4.79 Å². The van der Waals surface area contributed by atoms with Gasteiger partial charge in [0.1, 0.15) is 0 Å². The van der Waals surface area contributed by atoms with Crippen LogP contribution in [0.3, 0.4) is 0 Å². The molecule has 3 saturated heterocycles. The van der Waals surface area contributed by atoms with E-state index >= 15 is 0 Å². The van der Waals surface area contributed by atoms with Gasteiger partial charge in [0.25, 0.3) is 0 Å². The van der Waals surface area contributed by atoms with Gasteiger partial charge in [-0.05, 0) is 38.3 Å². The van der Waals surface area contributed by atoms with Gasteiger partial charge in [-0.25, -0.2) is 9.78 Å². The summed E-state index contributed by atoms with van der Waals surface area (Å²) in [6, 6.07) is 4.77. The first kappa shape index (κ1) is 21.2. The minimum atomic E-state index is -0.159. The number of rotatable bonds is 4. The number of ether oxygens (including phenoxy) is 2. The Morgan fingerprint density at radius 3 is 2.63 bits per heavy atom. The number of piperazine rings is 1. The maximum Gasteiger partial charge on any atom is 0.409 e. The van der Waals surface area contributed by atoms with E-state index in [1.54, 1.807) is 0 Å². The summed E-state index contributed by atoms with van der Waals surface area (Å²) in [5.74, 6) is 1.11. The molecular formula is C22H35N5O3. The first-order valence-corrected chi connectivity index (χ1v) is 11.4. The second kappa shape index (κ2) is 10.3. The average molecular weight is 418 g/mol. The largest absolute Gasteiger partial charge is 0.450 e. The van der Waals surface area contributed by atoms with Crippen molar-refractivity contribution in [3.63, 3.8) is 0 Å². The normalized spacial score (nSPS) is 23.9. The number of morpholine rings is 1. The third-order valence-corrected chi connectivity index (χ3v) is 6.47. The fraction of sp³-hybridized carbons (Fsp3) is 0.727. The van der Waals surface area contributed by atoms with E-state index in [2.05, 4.69) is 20.8 Å². The molecule has 1 atom stereocenters. The van der Waals surface area contributed by atoms with Gasteiger partial charge in [-0.3, -0.25) is 4.90 Å². The van der Waals surface area contributed by atoms with Crippen molar-refractivity contribution in [1.82, 2.24) is 14.8 Å². The van der Waals surface area contributed by atoms with Crippen LogP contribution in [0.15, 0.2) is 18.3 Å². The van der Waals surface area contributed by atoms with Gasteiger partial charge in [0.2, 0.25) is 0 Å². The van der Waals surface area contributed by atoms with Crippen molar-refractivity contribution in [3.05, 3.63) is 18.3 Å². The monoisotopic (exact) mass is 417 g/mol. The highest BCUT2D eigenvalue weighted by Gasteiger charge is 2.29. The summed E-state index contributed by atoms with van der Waals surface area (Å²) in [6.07, 6.45) is 4.97. The van der Waals surface area contributed by atoms with Crippen LogP contribution in [-0.4, -0.2) is 99.1 Å². The Labute approximate surface area is 179 Å². The van der Waals surface area contributed by atoms with Crippen LogP contribution >= 0.6 is 0 Å². The molecule has 0 saturated carbocycles. The molecule has 0 N–H and O–H groups in total. The zero-order valence-electron chi connectivity index (χ0n) is 18.2. The fourth-order valence-corrected chi connectivity index (χ4v) is 4.82. The molecule has 0 bridgehead atoms. The molecule has 1 amide bonds. The van der Waals surface area contributed by atoms with Crippen LogP contribution in [0.5, 0.6) is 0 Å². The molecule has 1 aromatic rings. The molecule has 3 aliphatic rings. The van der Waals surface area contributed by atoms with E-state index in [0.29, 0.717) is 12.6 Å². The second-order valence-corrected chi connectivity index (χ2v) is 8.24. The van der Waals surface area contributed by atoms with Gasteiger partial charge < -0.3 is 24.2 Å². The molecule has 4 heterocycles. The first-order chi connectivity index (χ1) is 14.8. The van der Waals surface area contributed by atoms with Crippen LogP contribution < -0.4 is 9.80 Å². The van der Waals surface area contributed by atoms with E-state index in [1.807, 2.05) is 24.1 Å². The van der Waals surface area contributed by atoms with Crippen molar-refractivity contribution in [2.75, 3.05) is 82.0 Å². The lowest BCUT2D eigenvalue weighted by Gasteiger charge is -2.41. The van der Waals surface area contributed by atoms with Gasteiger partial charge in [-0.1, -0.05) is 0 Å². The minimum absolute atomic E-state index is 0.159. The van der Waals surface area contributed by atoms with Gasteiger partial charge >= 0.3 is 6.09 Å². The summed E-state index contributed by atoms with van der Waals surface area (Å²) in [5, 5.41) is 0. The third-order valence-electron chi connectivity index (χ3n) is 6.47. The Kier molecular flexibility index (Phi) is 7.28. The number of nitrogens with zero attached hydrogens (tertiary/aromatic N) is 5. The summed E-state index contributed by atoms with van der Waals surface area (Å²) < 4.78 is 10.7. The predicted octanol–water partition coefficient (Wildman–Crippen LogP) is 2.05. The van der Waals surface area contributed by atoms with E-state index < -0.39 is 0 Å². The van der Waals surface area contributed by atoms with Crippen molar-refractivity contribution < 1.29 is 14.3 Å². The molecule has 1 aromatic heterocycles. The van der Waals surface area contributed by atoms with Crippen molar-refractivity contribution in [2.45, 2.75) is 32.2 Å². The van der Waals surface area contributed by atoms with Gasteiger partial charge in [0, 0.05) is 64.6 Å². The highest BCUT2D eigenvalue weighted by atomic mass is 16.6. The third kappa shape index (κ3) is 4.98. The maximum atomic E-state index is 12.1. The Bertz CT molecular complexity index is 689. The molecule has 0 unspecified atom stereocenters. The van der Waals surface area contributed by atoms with E-state index in [0.717, 1.165) is 90.7 Å². The quantitative estimate of drug-likeness (QED) is 0.743. The van der Waals surface area contributed by atoms with E-state index in [1.165, 1.54) is 5.69 Å². The topological polar surface area (TPSA) is 61.4 Å². The Morgan fingerprint density at radius 1 is 1.07 bits per heavy atom. The van der Waals surface area contributed by atoms with Crippen LogP contribution in [0.4, 0.5) is 16.3 Å². The van der Waals surface area contributed by atoms with Gasteiger partial charge in [-0.15, -0.1) is 0 Å². The lowest BCUT2D eigenvalue weighted by Crippen LogP contribution is -2.51. The number of aromatic nitrogens is 1. The fourth-order valence-electron chi connectivity index (χ4n) is 4.82. The van der Waals surface area contributed by atoms with Crippen LogP contribution in [0.1, 0.15) is 26.2 Å². The summed E-state index contributed by atoms with van der Waals surface area (Å²) >= 11 is 0. The van der Waals surface area contributed by atoms with Crippen molar-refractivity contribution >= 4 is 17.6 Å². The number of amides is 1. The summed E-state index contributed by atoms with van der Waals surface area (Å²) in [6.45, 7) is 11.4. The smallest absolute Gasteiger partial charge is 0.409 e. The summed E-state index contributed by atoms with van der Waals surface area (Å²) in [4.78, 5) is 26.1. The van der Waals surface area contributed by atoms with E-state index in [-0.39, 0.29) is 6.09 Å². The number of hydrogen-bond acceptors (Lipinski definition) is 7. The Morgan fingerprint density at radius 2 is 1.87 bits per heavy atom. The average Bonchev–Trinajstić information content (AvgIpc) is 3.06. The highest BCUT2D eigenvalue weighted by Crippen LogP contribution is 2.29. The van der Waals surface area contributed by atoms with E-state index in [4.69, 9.17) is 14.5 Å². The lowest BCUT2D eigenvalue weighted by atomic mass is 10.1. The van der Waals surface area contributed by atoms with Crippen LogP contribution in [-0.2, 0) is 9.47 Å². The molecule has 8 nitrogen and oxygen atoms in total. The molecule has 3 fully saturated rings. The molecule has 0 spiro atoms. The van der Waals surface area contributed by atoms with Crippen molar-refractivity contribution in [1.29, 1.82) is 0 Å². The first-order valence-electron chi connectivity index (χ1n) is 11.4. The van der Waals surface area contributed by atoms with Gasteiger partial charge in [0.15, 0.2) is 5.82 Å². The zero-order chi connectivity index (χ0) is 20.8. The summed E-state index contributed by atoms with van der Waals surface area (Å²) in [5.41, 5.74) is 1.23. The Hall–Kier alpha value is -2.06. The number of carbonyl (C=O) groups excluding carboxylic acids is 1. The highest BCUT2D eigenvalue weighted by molar-refractivity contribution is 5.68. The van der Waals surface area contributed by atoms with Crippen LogP contribution in [0.25, 0.3) is 0 Å². The number of hydrogen-bond donors (Lipinski definition) is 0. The number of carbonyl (C=O) groups is 1. The predicted molar refractivity (Wildman–Crippen MR) is 117 cm³/mol. The van der Waals surface area contributed by atoms with Crippen molar-refractivity contribution in [2.24, 2.45) is 0 Å². The minimum Gasteiger partial charge on any atom is -0.450 e. The Balaban J connectivity index is 1.33. The molecule has 4 rings (SSSR count). The molecular weight excluding hydrogens is 382 g/mol. The molecule has 0 aliphatic carbocycles. The van der Waals surface area contributed by atoms with Gasteiger partial charge in [0.05, 0.1) is 25.5 Å². The lowest BCUT2D eigenvalue weighted by molar-refractivity contribution is 0.106. The molecule has 166 valence electrons. The number of likely N-dealkylation sites (tertiary alicyclic amines) is 1. The SMILES string of the molecule is CCOC(=O)N1CCC[C@@H](N2CCN(c3ncccc3N3CCOCC3)CC2)CC1. The molecule has 3 aliphatic heterocycles. The van der Waals surface area contributed by atoms with Crippen molar-refractivity contribution in [3.8, 4) is 0 Å².